The van der Waals surface area contributed by atoms with Gasteiger partial charge in [-0.1, -0.05) is 25.0 Å². The highest BCUT2D eigenvalue weighted by Crippen LogP contribution is 2.41. The van der Waals surface area contributed by atoms with Gasteiger partial charge in [-0.05, 0) is 44.9 Å². The highest BCUT2D eigenvalue weighted by Gasteiger charge is 2.33. The quantitative estimate of drug-likeness (QED) is 0.297. The lowest BCUT2D eigenvalue weighted by molar-refractivity contribution is 0.141. The largest absolute Gasteiger partial charge is 0.385 e. The van der Waals surface area contributed by atoms with Crippen molar-refractivity contribution < 1.29 is 4.74 Å². The summed E-state index contributed by atoms with van der Waals surface area (Å²) in [6, 6.07) is 0. The van der Waals surface area contributed by atoms with Crippen LogP contribution in [0.5, 0.6) is 0 Å². The molecule has 122 valence electrons. The van der Waals surface area contributed by atoms with Crippen LogP contribution in [-0.2, 0) is 4.74 Å². The van der Waals surface area contributed by atoms with Gasteiger partial charge in [0.05, 0.1) is 0 Å². The van der Waals surface area contributed by atoms with Gasteiger partial charge in [-0.3, -0.25) is 4.99 Å². The van der Waals surface area contributed by atoms with Crippen LogP contribution in [0.4, 0.5) is 0 Å². The van der Waals surface area contributed by atoms with Gasteiger partial charge in [0.25, 0.3) is 0 Å². The third-order valence-corrected chi connectivity index (χ3v) is 4.26. The van der Waals surface area contributed by atoms with Crippen molar-refractivity contribution in [2.75, 3.05) is 33.4 Å². The third-order valence-electron chi connectivity index (χ3n) is 4.26. The van der Waals surface area contributed by atoms with Crippen LogP contribution < -0.4 is 10.6 Å². The number of guanidine groups is 1. The standard InChI is InChI=1S/C17H33N3O/c1-4-6-9-13-19-16(18-5-2)20-15-17(12-14-21-3)10-7-8-11-17/h4,6H,5,7-15H2,1-3H3,(H2,18,19,20)/b6-4+. The molecule has 0 aliphatic heterocycles. The minimum absolute atomic E-state index is 0.363. The van der Waals surface area contributed by atoms with Crippen LogP contribution in [0.1, 0.15) is 52.4 Å². The van der Waals surface area contributed by atoms with Crippen molar-refractivity contribution in [2.24, 2.45) is 10.4 Å². The summed E-state index contributed by atoms with van der Waals surface area (Å²) in [6.07, 6.45) is 11.7. The number of nitrogens with one attached hydrogen (secondary N) is 2. The van der Waals surface area contributed by atoms with E-state index in [0.29, 0.717) is 5.41 Å². The number of allylic oxidation sites excluding steroid dienone is 1. The fourth-order valence-corrected chi connectivity index (χ4v) is 2.96. The summed E-state index contributed by atoms with van der Waals surface area (Å²) in [4.78, 5) is 4.83. The second kappa shape index (κ2) is 10.7. The number of hydrogen-bond donors (Lipinski definition) is 2. The molecule has 1 aliphatic carbocycles. The Bertz CT molecular complexity index is 320. The molecule has 0 atom stereocenters. The molecule has 1 saturated carbocycles. The summed E-state index contributed by atoms with van der Waals surface area (Å²) in [6.45, 7) is 7.76. The second-order valence-electron chi connectivity index (χ2n) is 5.93. The zero-order valence-electron chi connectivity index (χ0n) is 14.1. The first-order valence-corrected chi connectivity index (χ1v) is 8.38. The maximum absolute atomic E-state index is 5.29. The predicted octanol–water partition coefficient (Wildman–Crippen LogP) is 3.10. The van der Waals surface area contributed by atoms with Gasteiger partial charge in [-0.25, -0.2) is 0 Å². The van der Waals surface area contributed by atoms with E-state index >= 15 is 0 Å². The van der Waals surface area contributed by atoms with Crippen LogP contribution in [-0.4, -0.2) is 39.3 Å². The molecular formula is C17H33N3O. The van der Waals surface area contributed by atoms with E-state index in [1.54, 1.807) is 7.11 Å². The normalized spacial score (nSPS) is 18.3. The average molecular weight is 295 g/mol. The maximum atomic E-state index is 5.29. The van der Waals surface area contributed by atoms with Crippen molar-refractivity contribution in [1.29, 1.82) is 0 Å². The Kier molecular flexibility index (Phi) is 9.15. The SMILES string of the molecule is C/C=C/CCNC(=NCC1(CCOC)CCCC1)NCC. The summed E-state index contributed by atoms with van der Waals surface area (Å²) in [7, 11) is 1.79. The number of hydrogen-bond acceptors (Lipinski definition) is 2. The van der Waals surface area contributed by atoms with E-state index in [1.807, 2.05) is 0 Å². The zero-order valence-corrected chi connectivity index (χ0v) is 14.1. The fraction of sp³-hybridized carbons (Fsp3) is 0.824. The van der Waals surface area contributed by atoms with E-state index in [0.717, 1.165) is 45.0 Å². The van der Waals surface area contributed by atoms with Crippen molar-refractivity contribution in [3.8, 4) is 0 Å². The molecule has 0 bridgehead atoms. The number of aliphatic imine (C=N–C) groups is 1. The monoisotopic (exact) mass is 295 g/mol. The van der Waals surface area contributed by atoms with E-state index in [-0.39, 0.29) is 0 Å². The number of methoxy groups -OCH3 is 1. The molecule has 1 rings (SSSR count). The van der Waals surface area contributed by atoms with Crippen LogP contribution in [0.3, 0.4) is 0 Å². The van der Waals surface area contributed by atoms with Crippen molar-refractivity contribution >= 4 is 5.96 Å². The first-order chi connectivity index (χ1) is 10.3. The molecule has 0 aromatic rings. The lowest BCUT2D eigenvalue weighted by Crippen LogP contribution is -2.38. The summed E-state index contributed by atoms with van der Waals surface area (Å²) in [5.74, 6) is 0.950. The van der Waals surface area contributed by atoms with Gasteiger partial charge in [0, 0.05) is 33.4 Å². The van der Waals surface area contributed by atoms with Gasteiger partial charge in [0.15, 0.2) is 5.96 Å². The molecule has 0 amide bonds. The molecule has 0 saturated heterocycles. The number of rotatable bonds is 9. The van der Waals surface area contributed by atoms with E-state index < -0.39 is 0 Å². The van der Waals surface area contributed by atoms with E-state index in [1.165, 1.54) is 25.7 Å². The smallest absolute Gasteiger partial charge is 0.191 e. The fourth-order valence-electron chi connectivity index (χ4n) is 2.96. The molecule has 0 unspecified atom stereocenters. The second-order valence-corrected chi connectivity index (χ2v) is 5.93. The first kappa shape index (κ1) is 18.0. The third kappa shape index (κ3) is 6.98. The molecule has 0 aromatic heterocycles. The molecule has 0 radical (unpaired) electrons. The molecule has 1 fully saturated rings. The Labute approximate surface area is 130 Å². The van der Waals surface area contributed by atoms with Gasteiger partial charge >= 0.3 is 0 Å². The van der Waals surface area contributed by atoms with Gasteiger partial charge in [0.2, 0.25) is 0 Å². The zero-order chi connectivity index (χ0) is 15.4. The minimum Gasteiger partial charge on any atom is -0.385 e. The van der Waals surface area contributed by atoms with E-state index in [2.05, 4.69) is 36.6 Å². The molecule has 0 heterocycles. The average Bonchev–Trinajstić information content (AvgIpc) is 2.96. The van der Waals surface area contributed by atoms with E-state index in [4.69, 9.17) is 9.73 Å². The lowest BCUT2D eigenvalue weighted by Gasteiger charge is -2.27. The lowest BCUT2D eigenvalue weighted by atomic mass is 9.83. The molecule has 2 N–H and O–H groups in total. The van der Waals surface area contributed by atoms with Gasteiger partial charge in [-0.15, -0.1) is 0 Å². The molecule has 4 heteroatoms. The Morgan fingerprint density at radius 3 is 2.67 bits per heavy atom. The van der Waals surface area contributed by atoms with Crippen LogP contribution in [0, 0.1) is 5.41 Å². The van der Waals surface area contributed by atoms with Gasteiger partial charge in [-0.2, -0.15) is 0 Å². The topological polar surface area (TPSA) is 45.7 Å². The highest BCUT2D eigenvalue weighted by atomic mass is 16.5. The van der Waals surface area contributed by atoms with Crippen LogP contribution in [0.25, 0.3) is 0 Å². The van der Waals surface area contributed by atoms with E-state index in [9.17, 15) is 0 Å². The molecular weight excluding hydrogens is 262 g/mol. The molecule has 1 aliphatic rings. The summed E-state index contributed by atoms with van der Waals surface area (Å²) in [5.41, 5.74) is 0.363. The molecule has 4 nitrogen and oxygen atoms in total. The summed E-state index contributed by atoms with van der Waals surface area (Å²) in [5, 5.41) is 6.75. The molecule has 21 heavy (non-hydrogen) atoms. The van der Waals surface area contributed by atoms with Crippen molar-refractivity contribution in [1.82, 2.24) is 10.6 Å². The Morgan fingerprint density at radius 1 is 1.29 bits per heavy atom. The highest BCUT2D eigenvalue weighted by molar-refractivity contribution is 5.79. The molecule has 0 aromatic carbocycles. The van der Waals surface area contributed by atoms with Crippen molar-refractivity contribution in [3.05, 3.63) is 12.2 Å². The number of ether oxygens (including phenoxy) is 1. The minimum atomic E-state index is 0.363. The summed E-state index contributed by atoms with van der Waals surface area (Å²) >= 11 is 0. The number of nitrogens with zero attached hydrogens (tertiary/aromatic N) is 1. The Morgan fingerprint density at radius 2 is 2.05 bits per heavy atom. The maximum Gasteiger partial charge on any atom is 0.191 e. The van der Waals surface area contributed by atoms with Crippen LogP contribution >= 0.6 is 0 Å². The Balaban J connectivity index is 2.52. The first-order valence-electron chi connectivity index (χ1n) is 8.38. The Hall–Kier alpha value is -1.03. The van der Waals surface area contributed by atoms with Gasteiger partial charge in [0.1, 0.15) is 0 Å². The molecule has 0 spiro atoms. The predicted molar refractivity (Wildman–Crippen MR) is 90.8 cm³/mol. The van der Waals surface area contributed by atoms with Crippen LogP contribution in [0.2, 0.25) is 0 Å². The van der Waals surface area contributed by atoms with Crippen molar-refractivity contribution in [2.45, 2.75) is 52.4 Å². The van der Waals surface area contributed by atoms with Crippen LogP contribution in [0.15, 0.2) is 17.1 Å². The van der Waals surface area contributed by atoms with Crippen molar-refractivity contribution in [3.63, 3.8) is 0 Å². The van der Waals surface area contributed by atoms with Gasteiger partial charge < -0.3 is 15.4 Å². The summed E-state index contributed by atoms with van der Waals surface area (Å²) < 4.78 is 5.29.